The van der Waals surface area contributed by atoms with Crippen molar-refractivity contribution in [3.8, 4) is 12.1 Å². The first-order valence-electron chi connectivity index (χ1n) is 7.95. The second kappa shape index (κ2) is 6.93. The molecule has 2 aromatic rings. The number of fused-ring (bicyclic) bond motifs is 2. The number of allylic oxidation sites excluding steroid dienone is 2. The molecule has 1 heterocycles. The number of nitriles is 2. The Bertz CT molecular complexity index is 1010. The first kappa shape index (κ1) is 17.0. The van der Waals surface area contributed by atoms with Crippen LogP contribution in [0.15, 0.2) is 59.5 Å². The molecule has 124 valence electrons. The lowest BCUT2D eigenvalue weighted by molar-refractivity contribution is 0.600. The molecule has 0 unspecified atom stereocenters. The van der Waals surface area contributed by atoms with Crippen molar-refractivity contribution >= 4 is 15.4 Å². The fourth-order valence-electron chi connectivity index (χ4n) is 3.12. The van der Waals surface area contributed by atoms with Crippen LogP contribution in [0.1, 0.15) is 16.7 Å². The van der Waals surface area contributed by atoms with Crippen LogP contribution in [0.3, 0.4) is 0 Å². The Kier molecular flexibility index (Phi) is 4.70. The third kappa shape index (κ3) is 3.33. The van der Waals surface area contributed by atoms with Crippen molar-refractivity contribution in [1.82, 2.24) is 0 Å². The zero-order chi connectivity index (χ0) is 17.9. The van der Waals surface area contributed by atoms with E-state index in [1.165, 1.54) is 5.56 Å². The topological polar surface area (TPSA) is 81.7 Å². The fourth-order valence-corrected chi connectivity index (χ4v) is 4.68. The summed E-state index contributed by atoms with van der Waals surface area (Å²) in [5.41, 5.74) is 4.09. The van der Waals surface area contributed by atoms with Crippen LogP contribution < -0.4 is 0 Å². The zero-order valence-corrected chi connectivity index (χ0v) is 14.3. The maximum absolute atomic E-state index is 11.3. The molecule has 0 N–H and O–H groups in total. The lowest BCUT2D eigenvalue weighted by atomic mass is 9.96. The van der Waals surface area contributed by atoms with Gasteiger partial charge in [0.15, 0.2) is 15.8 Å². The second-order valence-corrected chi connectivity index (χ2v) is 7.97. The summed E-state index contributed by atoms with van der Waals surface area (Å²) in [7, 11) is -2.91. The highest BCUT2D eigenvalue weighted by molar-refractivity contribution is 7.91. The lowest BCUT2D eigenvalue weighted by Gasteiger charge is -2.04. The average molecular weight is 348 g/mol. The van der Waals surface area contributed by atoms with Gasteiger partial charge in [-0.25, -0.2) is 8.42 Å². The zero-order valence-electron chi connectivity index (χ0n) is 13.5. The average Bonchev–Trinajstić information content (AvgIpc) is 3.19. The van der Waals surface area contributed by atoms with E-state index < -0.39 is 15.8 Å². The van der Waals surface area contributed by atoms with Crippen LogP contribution in [0.2, 0.25) is 0 Å². The van der Waals surface area contributed by atoms with Crippen LogP contribution in [0, 0.1) is 28.6 Å². The van der Waals surface area contributed by atoms with Gasteiger partial charge in [0.2, 0.25) is 0 Å². The van der Waals surface area contributed by atoms with Gasteiger partial charge in [0.05, 0.1) is 22.8 Å². The van der Waals surface area contributed by atoms with Gasteiger partial charge in [-0.15, -0.1) is 0 Å². The Hall–Kier alpha value is -2.89. The molecular formula is C20H16N2O2S. The molecule has 0 radical (unpaired) electrons. The molecule has 0 amide bonds. The summed E-state index contributed by atoms with van der Waals surface area (Å²) in [6.45, 7) is 0. The molecule has 0 saturated heterocycles. The first-order chi connectivity index (χ1) is 12.1. The number of nitrogens with zero attached hydrogens (tertiary/aromatic N) is 2. The molecule has 4 nitrogen and oxygen atoms in total. The second-order valence-electron chi connectivity index (χ2n) is 5.89. The van der Waals surface area contributed by atoms with E-state index in [9.17, 15) is 8.42 Å². The molecule has 0 spiro atoms. The Morgan fingerprint density at radius 3 is 2.24 bits per heavy atom. The molecule has 0 fully saturated rings. The molecule has 5 heteroatoms. The summed E-state index contributed by atoms with van der Waals surface area (Å²) in [6, 6.07) is 19.1. The van der Waals surface area contributed by atoms with E-state index >= 15 is 0 Å². The van der Waals surface area contributed by atoms with E-state index in [1.807, 2.05) is 54.6 Å². The van der Waals surface area contributed by atoms with Crippen molar-refractivity contribution in [2.75, 3.05) is 5.75 Å². The largest absolute Gasteiger partial charge is 0.224 e. The van der Waals surface area contributed by atoms with Gasteiger partial charge in [-0.05, 0) is 41.2 Å². The van der Waals surface area contributed by atoms with Gasteiger partial charge in [0, 0.05) is 0 Å². The van der Waals surface area contributed by atoms with Gasteiger partial charge in [-0.2, -0.15) is 10.5 Å². The van der Waals surface area contributed by atoms with Crippen LogP contribution in [0.5, 0.6) is 0 Å². The quantitative estimate of drug-likeness (QED) is 0.792. The predicted molar refractivity (Wildman–Crippen MR) is 95.0 cm³/mol. The Labute approximate surface area is 147 Å². The lowest BCUT2D eigenvalue weighted by Crippen LogP contribution is -1.97. The number of hydrogen-bond acceptors (Lipinski definition) is 4. The van der Waals surface area contributed by atoms with E-state index in [1.54, 1.807) is 12.1 Å². The van der Waals surface area contributed by atoms with Crippen molar-refractivity contribution in [3.05, 3.63) is 71.3 Å². The van der Waals surface area contributed by atoms with Crippen molar-refractivity contribution in [2.45, 2.75) is 17.7 Å². The van der Waals surface area contributed by atoms with E-state index in [0.29, 0.717) is 11.3 Å². The van der Waals surface area contributed by atoms with Crippen LogP contribution in [0.4, 0.5) is 0 Å². The third-order valence-corrected chi connectivity index (χ3v) is 6.20. The Balaban J connectivity index is 0.000000150. The minimum absolute atomic E-state index is 0.284. The highest BCUT2D eigenvalue weighted by Gasteiger charge is 2.24. The third-order valence-electron chi connectivity index (χ3n) is 4.39. The predicted octanol–water partition coefficient (Wildman–Crippen LogP) is 3.31. The van der Waals surface area contributed by atoms with Crippen LogP contribution >= 0.6 is 0 Å². The number of benzene rings is 2. The number of aryl methyl sites for hydroxylation is 1. The Morgan fingerprint density at radius 1 is 0.920 bits per heavy atom. The van der Waals surface area contributed by atoms with Crippen molar-refractivity contribution < 1.29 is 8.42 Å². The van der Waals surface area contributed by atoms with Crippen LogP contribution in [0.25, 0.3) is 5.57 Å². The molecule has 0 saturated carbocycles. The van der Waals surface area contributed by atoms with Gasteiger partial charge in [-0.1, -0.05) is 48.5 Å². The van der Waals surface area contributed by atoms with E-state index in [-0.39, 0.29) is 5.75 Å². The Morgan fingerprint density at radius 2 is 1.56 bits per heavy atom. The summed E-state index contributed by atoms with van der Waals surface area (Å²) in [5, 5.41) is 17.6. The van der Waals surface area contributed by atoms with Gasteiger partial charge in [0.1, 0.15) is 0 Å². The summed E-state index contributed by atoms with van der Waals surface area (Å²) >= 11 is 0. The van der Waals surface area contributed by atoms with E-state index in [2.05, 4.69) is 0 Å². The molecule has 1 aliphatic carbocycles. The molecule has 0 atom stereocenters. The van der Waals surface area contributed by atoms with Crippen molar-refractivity contribution in [2.24, 2.45) is 5.92 Å². The summed E-state index contributed by atoms with van der Waals surface area (Å²) in [6.07, 6.45) is 3.49. The maximum atomic E-state index is 11.3. The molecule has 1 aliphatic heterocycles. The number of sulfone groups is 1. The summed E-state index contributed by atoms with van der Waals surface area (Å²) in [5.74, 6) is -0.342. The van der Waals surface area contributed by atoms with Crippen LogP contribution in [-0.2, 0) is 22.7 Å². The molecule has 2 aromatic carbocycles. The fraction of sp³-hybridized carbons (Fsp3) is 0.200. The highest BCUT2D eigenvalue weighted by atomic mass is 32.2. The molecular weight excluding hydrogens is 332 g/mol. The van der Waals surface area contributed by atoms with E-state index in [4.69, 9.17) is 10.5 Å². The normalized spacial score (nSPS) is 15.9. The molecule has 0 bridgehead atoms. The SMILES string of the molecule is N#CC(C#N)C1=CCc2ccccc21.O=S1(=O)CCc2ccccc21. The van der Waals surface area contributed by atoms with Gasteiger partial charge in [-0.3, -0.25) is 0 Å². The summed E-state index contributed by atoms with van der Waals surface area (Å²) in [4.78, 5) is 0.528. The van der Waals surface area contributed by atoms with Gasteiger partial charge < -0.3 is 0 Å². The number of rotatable bonds is 1. The van der Waals surface area contributed by atoms with Crippen molar-refractivity contribution in [3.63, 3.8) is 0 Å². The minimum atomic E-state index is -2.91. The van der Waals surface area contributed by atoms with Crippen molar-refractivity contribution in [1.29, 1.82) is 10.5 Å². The smallest absolute Gasteiger partial charge is 0.178 e. The van der Waals surface area contributed by atoms with Gasteiger partial charge in [0.25, 0.3) is 0 Å². The monoisotopic (exact) mass is 348 g/mol. The molecule has 25 heavy (non-hydrogen) atoms. The summed E-state index contributed by atoms with van der Waals surface area (Å²) < 4.78 is 22.5. The standard InChI is InChI=1S/C12H8N2.C8H8O2S/c13-7-10(8-14)12-6-5-9-3-1-2-4-11(9)12;9-11(10)6-5-7-3-1-2-4-8(7)11/h1-4,6,10H,5H2;1-4H,5-6H2. The molecule has 0 aromatic heterocycles. The van der Waals surface area contributed by atoms with Crippen LogP contribution in [-0.4, -0.2) is 14.2 Å². The van der Waals surface area contributed by atoms with E-state index in [0.717, 1.165) is 23.1 Å². The molecule has 4 rings (SSSR count). The molecule has 2 aliphatic rings. The minimum Gasteiger partial charge on any atom is -0.224 e. The number of hydrogen-bond donors (Lipinski definition) is 0. The highest BCUT2D eigenvalue weighted by Crippen LogP contribution is 2.32. The van der Waals surface area contributed by atoms with Gasteiger partial charge >= 0.3 is 0 Å². The first-order valence-corrected chi connectivity index (χ1v) is 9.60. The maximum Gasteiger partial charge on any atom is 0.178 e.